The third-order valence-electron chi connectivity index (χ3n) is 2.88. The van der Waals surface area contributed by atoms with Crippen molar-refractivity contribution in [2.75, 3.05) is 6.61 Å². The number of benzene rings is 1. The molecular weight excluding hydrogens is 258 g/mol. The molecule has 2 rings (SSSR count). The molecule has 20 heavy (non-hydrogen) atoms. The maximum atomic E-state index is 11.8. The van der Waals surface area contributed by atoms with Gasteiger partial charge >= 0.3 is 5.97 Å². The van der Waals surface area contributed by atoms with Crippen molar-refractivity contribution in [3.05, 3.63) is 46.8 Å². The summed E-state index contributed by atoms with van der Waals surface area (Å²) in [5.41, 5.74) is 0.590. The van der Waals surface area contributed by atoms with Gasteiger partial charge in [-0.3, -0.25) is 14.4 Å². The van der Waals surface area contributed by atoms with Gasteiger partial charge in [0, 0.05) is 17.6 Å². The summed E-state index contributed by atoms with van der Waals surface area (Å²) >= 11 is 0. The van der Waals surface area contributed by atoms with Crippen LogP contribution in [0.4, 0.5) is 0 Å². The Bertz CT molecular complexity index is 702. The van der Waals surface area contributed by atoms with Crippen molar-refractivity contribution < 1.29 is 14.3 Å². The molecule has 0 aliphatic carbocycles. The van der Waals surface area contributed by atoms with E-state index in [0.29, 0.717) is 10.9 Å². The van der Waals surface area contributed by atoms with E-state index in [1.807, 2.05) is 0 Å². The van der Waals surface area contributed by atoms with Gasteiger partial charge in [0.1, 0.15) is 6.42 Å². The Kier molecular flexibility index (Phi) is 4.30. The summed E-state index contributed by atoms with van der Waals surface area (Å²) < 4.78 is 6.40. The standard InChI is InChI=1S/C15H15NO4/c1-2-20-15(19)9-11(17)10-16-8-7-14(18)12-5-3-4-6-13(12)16/h3-8H,2,9-10H2,1H3. The highest BCUT2D eigenvalue weighted by molar-refractivity contribution is 5.96. The van der Waals surface area contributed by atoms with Crippen LogP contribution in [0, 0.1) is 0 Å². The SMILES string of the molecule is CCOC(=O)CC(=O)Cn1ccc(=O)c2ccccc21. The van der Waals surface area contributed by atoms with E-state index in [9.17, 15) is 14.4 Å². The minimum absolute atomic E-state index is 0.0413. The van der Waals surface area contributed by atoms with Crippen molar-refractivity contribution in [1.82, 2.24) is 4.57 Å². The van der Waals surface area contributed by atoms with E-state index in [1.165, 1.54) is 6.07 Å². The topological polar surface area (TPSA) is 65.4 Å². The van der Waals surface area contributed by atoms with E-state index in [1.54, 1.807) is 42.0 Å². The smallest absolute Gasteiger partial charge is 0.313 e. The monoisotopic (exact) mass is 273 g/mol. The number of para-hydroxylation sites is 1. The van der Waals surface area contributed by atoms with Gasteiger partial charge in [0.25, 0.3) is 0 Å². The molecule has 0 amide bonds. The number of ether oxygens (including phenoxy) is 1. The molecule has 0 saturated heterocycles. The first-order valence-corrected chi connectivity index (χ1v) is 6.37. The average Bonchev–Trinajstić information content (AvgIpc) is 2.42. The van der Waals surface area contributed by atoms with Gasteiger partial charge in [0.2, 0.25) is 0 Å². The normalized spacial score (nSPS) is 10.4. The van der Waals surface area contributed by atoms with Crippen LogP contribution in [0.2, 0.25) is 0 Å². The molecule has 1 aromatic carbocycles. The Labute approximate surface area is 115 Å². The van der Waals surface area contributed by atoms with Gasteiger partial charge in [-0.25, -0.2) is 0 Å². The number of nitrogens with zero attached hydrogens (tertiary/aromatic N) is 1. The zero-order valence-corrected chi connectivity index (χ0v) is 11.2. The maximum absolute atomic E-state index is 11.8. The van der Waals surface area contributed by atoms with Crippen molar-refractivity contribution in [2.24, 2.45) is 0 Å². The number of carbonyl (C=O) groups is 2. The first-order valence-electron chi connectivity index (χ1n) is 6.37. The fourth-order valence-electron chi connectivity index (χ4n) is 2.02. The Balaban J connectivity index is 2.22. The molecule has 0 aliphatic rings. The van der Waals surface area contributed by atoms with Crippen LogP contribution in [-0.2, 0) is 20.9 Å². The fourth-order valence-corrected chi connectivity index (χ4v) is 2.02. The van der Waals surface area contributed by atoms with Crippen LogP contribution in [0.1, 0.15) is 13.3 Å². The molecule has 0 atom stereocenters. The lowest BCUT2D eigenvalue weighted by atomic mass is 10.2. The van der Waals surface area contributed by atoms with Crippen LogP contribution in [0.15, 0.2) is 41.3 Å². The maximum Gasteiger partial charge on any atom is 0.313 e. The van der Waals surface area contributed by atoms with Gasteiger partial charge in [0.05, 0.1) is 18.7 Å². The molecule has 0 bridgehead atoms. The predicted molar refractivity (Wildman–Crippen MR) is 74.5 cm³/mol. The minimum Gasteiger partial charge on any atom is -0.466 e. The van der Waals surface area contributed by atoms with Crippen molar-refractivity contribution in [3.63, 3.8) is 0 Å². The largest absolute Gasteiger partial charge is 0.466 e. The van der Waals surface area contributed by atoms with E-state index in [2.05, 4.69) is 0 Å². The Morgan fingerprint density at radius 3 is 2.70 bits per heavy atom. The number of Topliss-reactive ketones (excluding diaryl/α,β-unsaturated/α-hetero) is 1. The van der Waals surface area contributed by atoms with Crippen LogP contribution in [-0.4, -0.2) is 22.9 Å². The molecule has 0 saturated carbocycles. The van der Waals surface area contributed by atoms with Crippen molar-refractivity contribution >= 4 is 22.7 Å². The molecule has 1 heterocycles. The van der Waals surface area contributed by atoms with Gasteiger partial charge in [-0.05, 0) is 19.1 Å². The second kappa shape index (κ2) is 6.14. The number of carbonyl (C=O) groups excluding carboxylic acids is 2. The van der Waals surface area contributed by atoms with Gasteiger partial charge < -0.3 is 9.30 Å². The second-order valence-electron chi connectivity index (χ2n) is 4.35. The van der Waals surface area contributed by atoms with E-state index < -0.39 is 5.97 Å². The molecule has 0 radical (unpaired) electrons. The first-order chi connectivity index (χ1) is 9.61. The molecule has 0 aliphatic heterocycles. The number of pyridine rings is 1. The predicted octanol–water partition coefficient (Wildman–Crippen LogP) is 1.52. The van der Waals surface area contributed by atoms with Gasteiger partial charge in [-0.15, -0.1) is 0 Å². The lowest BCUT2D eigenvalue weighted by Gasteiger charge is -2.09. The lowest BCUT2D eigenvalue weighted by Crippen LogP contribution is -2.18. The van der Waals surface area contributed by atoms with Crippen LogP contribution < -0.4 is 5.43 Å². The molecule has 0 unspecified atom stereocenters. The van der Waals surface area contributed by atoms with E-state index in [4.69, 9.17) is 4.74 Å². The fraction of sp³-hybridized carbons (Fsp3) is 0.267. The number of esters is 1. The Hall–Kier alpha value is -2.43. The molecule has 0 fully saturated rings. The zero-order chi connectivity index (χ0) is 14.5. The summed E-state index contributed by atoms with van der Waals surface area (Å²) in [6, 6.07) is 8.47. The number of aromatic nitrogens is 1. The summed E-state index contributed by atoms with van der Waals surface area (Å²) in [4.78, 5) is 34.8. The summed E-state index contributed by atoms with van der Waals surface area (Å²) in [7, 11) is 0. The van der Waals surface area contributed by atoms with Crippen LogP contribution in [0.25, 0.3) is 10.9 Å². The molecule has 0 N–H and O–H groups in total. The van der Waals surface area contributed by atoms with E-state index >= 15 is 0 Å². The van der Waals surface area contributed by atoms with Gasteiger partial charge in [0.15, 0.2) is 11.2 Å². The van der Waals surface area contributed by atoms with Crippen molar-refractivity contribution in [3.8, 4) is 0 Å². The second-order valence-corrected chi connectivity index (χ2v) is 4.35. The third-order valence-corrected chi connectivity index (χ3v) is 2.88. The zero-order valence-electron chi connectivity index (χ0n) is 11.2. The summed E-state index contributed by atoms with van der Waals surface area (Å²) in [5, 5.41) is 0.555. The number of rotatable bonds is 5. The molecular formula is C15H15NO4. The van der Waals surface area contributed by atoms with E-state index in [-0.39, 0.29) is 30.8 Å². The highest BCUT2D eigenvalue weighted by Crippen LogP contribution is 2.09. The van der Waals surface area contributed by atoms with E-state index in [0.717, 1.165) is 0 Å². The third kappa shape index (κ3) is 3.12. The minimum atomic E-state index is -0.525. The van der Waals surface area contributed by atoms with Crippen molar-refractivity contribution in [1.29, 1.82) is 0 Å². The van der Waals surface area contributed by atoms with Gasteiger partial charge in [-0.1, -0.05) is 12.1 Å². The Morgan fingerprint density at radius 1 is 1.20 bits per heavy atom. The van der Waals surface area contributed by atoms with Crippen LogP contribution in [0.5, 0.6) is 0 Å². The number of hydrogen-bond acceptors (Lipinski definition) is 4. The Morgan fingerprint density at radius 2 is 1.95 bits per heavy atom. The summed E-state index contributed by atoms with van der Waals surface area (Å²) in [6.07, 6.45) is 1.31. The average molecular weight is 273 g/mol. The first kappa shape index (κ1) is 14.0. The van der Waals surface area contributed by atoms with Crippen LogP contribution >= 0.6 is 0 Å². The molecule has 0 spiro atoms. The van der Waals surface area contributed by atoms with Gasteiger partial charge in [-0.2, -0.15) is 0 Å². The molecule has 5 nitrogen and oxygen atoms in total. The number of hydrogen-bond donors (Lipinski definition) is 0. The molecule has 104 valence electrons. The van der Waals surface area contributed by atoms with Crippen LogP contribution in [0.3, 0.4) is 0 Å². The molecule has 1 aromatic heterocycles. The summed E-state index contributed by atoms with van der Waals surface area (Å²) in [6.45, 7) is 1.99. The quantitative estimate of drug-likeness (QED) is 0.612. The molecule has 5 heteroatoms. The highest BCUT2D eigenvalue weighted by Gasteiger charge is 2.12. The van der Waals surface area contributed by atoms with Crippen molar-refractivity contribution in [2.45, 2.75) is 19.9 Å². The lowest BCUT2D eigenvalue weighted by molar-refractivity contribution is -0.145. The highest BCUT2D eigenvalue weighted by atomic mass is 16.5. The molecule has 2 aromatic rings. The number of fused-ring (bicyclic) bond motifs is 1. The summed E-state index contributed by atoms with van der Waals surface area (Å²) in [5.74, 6) is -0.778. The number of ketones is 1.